The standard InChI is InChI=1S/C22H21N5O4/c23-22-25-20-19(21(30)26-22)24-17(27(20)18-10-15(29)16(11-28)31-18)8-6-12-5-7-13-3-1-2-4-14(13)9-12/h1-9,15-16,18,28-29H,10-11H2,(H3,23,25,26,30)/b8-6-/t15-,16+,18+/m0/s1. The van der Waals surface area contributed by atoms with Crippen molar-refractivity contribution in [1.29, 1.82) is 0 Å². The van der Waals surface area contributed by atoms with Gasteiger partial charge in [0.05, 0.1) is 12.7 Å². The molecule has 31 heavy (non-hydrogen) atoms. The van der Waals surface area contributed by atoms with Gasteiger partial charge in [0.2, 0.25) is 5.95 Å². The van der Waals surface area contributed by atoms with E-state index in [1.54, 1.807) is 10.6 Å². The number of imidazole rings is 1. The third kappa shape index (κ3) is 3.48. The first-order valence-electron chi connectivity index (χ1n) is 9.92. The Kier molecular flexibility index (Phi) is 4.78. The molecular weight excluding hydrogens is 398 g/mol. The van der Waals surface area contributed by atoms with Gasteiger partial charge in [-0.2, -0.15) is 4.98 Å². The summed E-state index contributed by atoms with van der Waals surface area (Å²) in [5, 5.41) is 21.9. The van der Waals surface area contributed by atoms with Crippen LogP contribution in [0.2, 0.25) is 0 Å². The van der Waals surface area contributed by atoms with Crippen molar-refractivity contribution in [2.24, 2.45) is 0 Å². The number of ether oxygens (including phenoxy) is 1. The summed E-state index contributed by atoms with van der Waals surface area (Å²) in [6.07, 6.45) is 1.66. The molecule has 0 saturated carbocycles. The smallest absolute Gasteiger partial charge is 0.280 e. The van der Waals surface area contributed by atoms with Crippen LogP contribution in [0.3, 0.4) is 0 Å². The van der Waals surface area contributed by atoms with E-state index in [9.17, 15) is 15.0 Å². The minimum absolute atomic E-state index is 0.0408. The van der Waals surface area contributed by atoms with Crippen LogP contribution in [0.25, 0.3) is 34.1 Å². The number of anilines is 1. The van der Waals surface area contributed by atoms with Crippen LogP contribution in [-0.4, -0.2) is 48.5 Å². The quantitative estimate of drug-likeness (QED) is 0.394. The number of benzene rings is 2. The lowest BCUT2D eigenvalue weighted by atomic mass is 10.1. The number of aromatic nitrogens is 4. The number of H-pyrrole nitrogens is 1. The molecule has 0 unspecified atom stereocenters. The summed E-state index contributed by atoms with van der Waals surface area (Å²) in [4.78, 5) is 23.5. The maximum Gasteiger partial charge on any atom is 0.280 e. The Morgan fingerprint density at radius 3 is 2.77 bits per heavy atom. The Bertz CT molecular complexity index is 1360. The number of hydrogen-bond acceptors (Lipinski definition) is 7. The molecule has 0 radical (unpaired) electrons. The van der Waals surface area contributed by atoms with E-state index in [0.29, 0.717) is 5.82 Å². The lowest BCUT2D eigenvalue weighted by Crippen LogP contribution is -2.24. The monoisotopic (exact) mass is 419 g/mol. The average Bonchev–Trinajstić information content (AvgIpc) is 3.31. The highest BCUT2D eigenvalue weighted by molar-refractivity contribution is 5.86. The fraction of sp³-hybridized carbons (Fsp3) is 0.227. The number of fused-ring (bicyclic) bond motifs is 2. The maximum atomic E-state index is 12.4. The van der Waals surface area contributed by atoms with Gasteiger partial charge >= 0.3 is 0 Å². The molecule has 3 heterocycles. The van der Waals surface area contributed by atoms with Crippen molar-refractivity contribution in [3.63, 3.8) is 0 Å². The first-order valence-corrected chi connectivity index (χ1v) is 9.92. The zero-order valence-electron chi connectivity index (χ0n) is 16.5. The van der Waals surface area contributed by atoms with Crippen LogP contribution >= 0.6 is 0 Å². The molecule has 9 nitrogen and oxygen atoms in total. The zero-order valence-corrected chi connectivity index (χ0v) is 16.5. The third-order valence-corrected chi connectivity index (χ3v) is 5.47. The molecule has 9 heteroatoms. The van der Waals surface area contributed by atoms with E-state index in [0.717, 1.165) is 16.3 Å². The minimum atomic E-state index is -0.843. The Labute approximate surface area is 176 Å². The summed E-state index contributed by atoms with van der Waals surface area (Å²) >= 11 is 0. The summed E-state index contributed by atoms with van der Waals surface area (Å²) < 4.78 is 7.44. The minimum Gasteiger partial charge on any atom is -0.394 e. The van der Waals surface area contributed by atoms with Gasteiger partial charge in [0.1, 0.15) is 18.2 Å². The number of nitrogens with two attached hydrogens (primary N) is 1. The van der Waals surface area contributed by atoms with E-state index in [1.807, 2.05) is 42.5 Å². The third-order valence-electron chi connectivity index (χ3n) is 5.47. The molecule has 5 rings (SSSR count). The van der Waals surface area contributed by atoms with E-state index in [2.05, 4.69) is 21.0 Å². The van der Waals surface area contributed by atoms with Gasteiger partial charge in [-0.05, 0) is 28.5 Å². The second-order valence-corrected chi connectivity index (χ2v) is 7.52. The Balaban J connectivity index is 1.61. The number of rotatable bonds is 4. The van der Waals surface area contributed by atoms with Crippen LogP contribution < -0.4 is 11.3 Å². The first-order chi connectivity index (χ1) is 15.0. The molecule has 2 aromatic carbocycles. The molecule has 0 bridgehead atoms. The molecular formula is C22H21N5O4. The fourth-order valence-corrected chi connectivity index (χ4v) is 3.94. The highest BCUT2D eigenvalue weighted by atomic mass is 16.5. The van der Waals surface area contributed by atoms with Gasteiger partial charge in [0, 0.05) is 6.42 Å². The predicted molar refractivity (Wildman–Crippen MR) is 117 cm³/mol. The normalized spacial score (nSPS) is 21.5. The lowest BCUT2D eigenvalue weighted by molar-refractivity contribution is -0.0433. The van der Waals surface area contributed by atoms with Crippen molar-refractivity contribution in [1.82, 2.24) is 19.5 Å². The van der Waals surface area contributed by atoms with E-state index >= 15 is 0 Å². The number of aromatic amines is 1. The van der Waals surface area contributed by atoms with Gasteiger partial charge in [-0.1, -0.05) is 42.5 Å². The van der Waals surface area contributed by atoms with Gasteiger partial charge in [-0.15, -0.1) is 0 Å². The number of aliphatic hydroxyl groups excluding tert-OH is 2. The van der Waals surface area contributed by atoms with Crippen LogP contribution in [0.5, 0.6) is 0 Å². The Morgan fingerprint density at radius 2 is 2.00 bits per heavy atom. The van der Waals surface area contributed by atoms with Gasteiger partial charge in [0.25, 0.3) is 5.56 Å². The van der Waals surface area contributed by atoms with Crippen molar-refractivity contribution in [2.45, 2.75) is 24.9 Å². The zero-order chi connectivity index (χ0) is 21.5. The van der Waals surface area contributed by atoms with Crippen LogP contribution in [0, 0.1) is 0 Å². The SMILES string of the molecule is Nc1nc2c(nc(/C=C\c3ccc4ccccc4c3)n2[C@H]2C[C@H](O)[C@@H](CO)O2)c(=O)[nH]1. The molecule has 158 valence electrons. The number of nitrogen functional groups attached to an aromatic ring is 1. The maximum absolute atomic E-state index is 12.4. The molecule has 3 atom stereocenters. The van der Waals surface area contributed by atoms with Gasteiger partial charge < -0.3 is 20.7 Å². The molecule has 0 amide bonds. The highest BCUT2D eigenvalue weighted by Gasteiger charge is 2.36. The van der Waals surface area contributed by atoms with Gasteiger partial charge in [-0.3, -0.25) is 14.3 Å². The van der Waals surface area contributed by atoms with Crippen molar-refractivity contribution >= 4 is 40.0 Å². The highest BCUT2D eigenvalue weighted by Crippen LogP contribution is 2.32. The number of aliphatic hydroxyl groups is 2. The van der Waals surface area contributed by atoms with Crippen molar-refractivity contribution in [2.75, 3.05) is 12.3 Å². The van der Waals surface area contributed by atoms with Crippen molar-refractivity contribution in [3.05, 3.63) is 64.2 Å². The molecule has 1 aliphatic heterocycles. The molecule has 1 aliphatic rings. The fourth-order valence-electron chi connectivity index (χ4n) is 3.94. The Morgan fingerprint density at radius 1 is 1.19 bits per heavy atom. The molecule has 4 aromatic rings. The average molecular weight is 419 g/mol. The van der Waals surface area contributed by atoms with Crippen LogP contribution in [0.4, 0.5) is 5.95 Å². The molecule has 1 saturated heterocycles. The molecule has 5 N–H and O–H groups in total. The van der Waals surface area contributed by atoms with Crippen molar-refractivity contribution in [3.8, 4) is 0 Å². The van der Waals surface area contributed by atoms with E-state index in [1.165, 1.54) is 0 Å². The van der Waals surface area contributed by atoms with E-state index in [4.69, 9.17) is 10.5 Å². The molecule has 0 aliphatic carbocycles. The number of hydrogen-bond donors (Lipinski definition) is 4. The van der Waals surface area contributed by atoms with Crippen LogP contribution in [-0.2, 0) is 4.74 Å². The number of nitrogens with zero attached hydrogens (tertiary/aromatic N) is 3. The second kappa shape index (κ2) is 7.62. The predicted octanol–water partition coefficient (Wildman–Crippen LogP) is 1.67. The second-order valence-electron chi connectivity index (χ2n) is 7.52. The summed E-state index contributed by atoms with van der Waals surface area (Å²) in [7, 11) is 0. The summed E-state index contributed by atoms with van der Waals surface area (Å²) in [6.45, 7) is -0.317. The largest absolute Gasteiger partial charge is 0.394 e. The molecule has 2 aromatic heterocycles. The Hall–Kier alpha value is -3.53. The van der Waals surface area contributed by atoms with Gasteiger partial charge in [-0.25, -0.2) is 4.98 Å². The summed E-state index contributed by atoms with van der Waals surface area (Å²) in [5.74, 6) is 0.392. The van der Waals surface area contributed by atoms with E-state index < -0.39 is 24.0 Å². The summed E-state index contributed by atoms with van der Waals surface area (Å²) in [5.41, 5.74) is 6.62. The summed E-state index contributed by atoms with van der Waals surface area (Å²) in [6, 6.07) is 14.1. The lowest BCUT2D eigenvalue weighted by Gasteiger charge is -2.15. The van der Waals surface area contributed by atoms with Gasteiger partial charge in [0.15, 0.2) is 11.2 Å². The molecule has 0 spiro atoms. The van der Waals surface area contributed by atoms with E-state index in [-0.39, 0.29) is 30.1 Å². The first kappa shape index (κ1) is 19.4. The van der Waals surface area contributed by atoms with Crippen LogP contribution in [0.15, 0.2) is 47.3 Å². The molecule has 1 fully saturated rings. The van der Waals surface area contributed by atoms with Crippen LogP contribution in [0.1, 0.15) is 24.0 Å². The number of nitrogens with one attached hydrogen (secondary N) is 1. The topological polar surface area (TPSA) is 139 Å². The van der Waals surface area contributed by atoms with Crippen molar-refractivity contribution < 1.29 is 14.9 Å².